The van der Waals surface area contributed by atoms with Gasteiger partial charge in [-0.05, 0) is 63.8 Å². The lowest BCUT2D eigenvalue weighted by atomic mass is 10.1. The number of nitrogens with one attached hydrogen (secondary N) is 1. The van der Waals surface area contributed by atoms with Gasteiger partial charge in [-0.15, -0.1) is 0 Å². The molecule has 0 spiro atoms. The smallest absolute Gasteiger partial charge is 0.420 e. The summed E-state index contributed by atoms with van der Waals surface area (Å²) in [6.45, 7) is 6.73. The molecule has 1 aromatic heterocycles. The van der Waals surface area contributed by atoms with Crippen LogP contribution in [0.4, 0.5) is 26.4 Å². The number of sulfonamides is 1. The zero-order valence-corrected chi connectivity index (χ0v) is 21.2. The van der Waals surface area contributed by atoms with Crippen LogP contribution in [0.2, 0.25) is 0 Å². The van der Waals surface area contributed by atoms with E-state index in [-0.39, 0.29) is 23.6 Å². The van der Waals surface area contributed by atoms with E-state index in [1.54, 1.807) is 26.8 Å². The van der Waals surface area contributed by atoms with Gasteiger partial charge in [-0.2, -0.15) is 0 Å². The van der Waals surface area contributed by atoms with Crippen molar-refractivity contribution in [3.63, 3.8) is 0 Å². The van der Waals surface area contributed by atoms with Crippen molar-refractivity contribution in [2.75, 3.05) is 9.62 Å². The van der Waals surface area contributed by atoms with E-state index in [0.29, 0.717) is 31.1 Å². The summed E-state index contributed by atoms with van der Waals surface area (Å²) in [5.41, 5.74) is -1.19. The first-order valence-corrected chi connectivity index (χ1v) is 12.7. The highest BCUT2D eigenvalue weighted by Gasteiger charge is 2.54. The number of halogens is 1. The average Bonchev–Trinajstić information content (AvgIpc) is 3.54. The number of pyridine rings is 1. The van der Waals surface area contributed by atoms with Crippen molar-refractivity contribution < 1.29 is 27.1 Å². The number of aromatic nitrogens is 1. The maximum Gasteiger partial charge on any atom is 0.420 e. The minimum atomic E-state index is -4.08. The molecule has 0 unspecified atom stereocenters. The predicted molar refractivity (Wildman–Crippen MR) is 131 cm³/mol. The number of benzene rings is 1. The van der Waals surface area contributed by atoms with E-state index in [0.717, 1.165) is 15.5 Å². The average molecular weight is 508 g/mol. The van der Waals surface area contributed by atoms with Crippen LogP contribution in [0, 0.1) is 5.82 Å². The van der Waals surface area contributed by atoms with Crippen molar-refractivity contribution in [3.05, 3.63) is 52.1 Å². The summed E-state index contributed by atoms with van der Waals surface area (Å²) in [6.07, 6.45) is 0.502. The Morgan fingerprint density at radius 1 is 1.26 bits per heavy atom. The summed E-state index contributed by atoms with van der Waals surface area (Å²) in [4.78, 5) is 37.9. The van der Waals surface area contributed by atoms with Crippen LogP contribution in [-0.2, 0) is 33.0 Å². The van der Waals surface area contributed by atoms with Gasteiger partial charge in [-0.1, -0.05) is 13.0 Å². The first-order valence-electron chi connectivity index (χ1n) is 11.2. The monoisotopic (exact) mass is 507 g/mol. The number of ether oxygens (including phenoxy) is 1. The van der Waals surface area contributed by atoms with Crippen molar-refractivity contribution in [3.8, 4) is 0 Å². The zero-order chi connectivity index (χ0) is 26.2. The summed E-state index contributed by atoms with van der Waals surface area (Å²) in [5, 5.41) is 0. The lowest BCUT2D eigenvalue weighted by Gasteiger charge is -2.30. The molecule has 9 nitrogen and oxygen atoms in total. The van der Waals surface area contributed by atoms with Gasteiger partial charge < -0.3 is 9.53 Å². The maximum atomic E-state index is 15.3. The van der Waals surface area contributed by atoms with Gasteiger partial charge >= 0.3 is 6.09 Å². The SMILES string of the molecule is CCc1ccc(N(C(=O)OC(C)(C)C)c2c(NS(=O)(=O)C3(CC=O)CC3)ccc(=O)n2C)c(F)c1. The molecule has 1 amide bonds. The largest absolute Gasteiger partial charge is 0.443 e. The minimum absolute atomic E-state index is 0.130. The summed E-state index contributed by atoms with van der Waals surface area (Å²) in [6, 6.07) is 6.61. The Bertz CT molecular complexity index is 1310. The molecule has 1 aliphatic carbocycles. The quantitative estimate of drug-likeness (QED) is 0.540. The topological polar surface area (TPSA) is 115 Å². The molecule has 1 aromatic carbocycles. The number of hydrogen-bond donors (Lipinski definition) is 1. The lowest BCUT2D eigenvalue weighted by Crippen LogP contribution is -2.38. The van der Waals surface area contributed by atoms with Gasteiger partial charge in [0.1, 0.15) is 23.5 Å². The lowest BCUT2D eigenvalue weighted by molar-refractivity contribution is -0.108. The Morgan fingerprint density at radius 3 is 2.43 bits per heavy atom. The Hall–Kier alpha value is -3.21. The summed E-state index contributed by atoms with van der Waals surface area (Å²) in [5.74, 6) is -0.972. The third-order valence-corrected chi connectivity index (χ3v) is 8.01. The number of aryl methyl sites for hydroxylation is 1. The van der Waals surface area contributed by atoms with Gasteiger partial charge in [0.25, 0.3) is 5.56 Å². The molecule has 1 saturated carbocycles. The fraction of sp³-hybridized carbons (Fsp3) is 0.458. The molecule has 190 valence electrons. The van der Waals surface area contributed by atoms with E-state index in [9.17, 15) is 22.8 Å². The highest BCUT2D eigenvalue weighted by molar-refractivity contribution is 7.94. The predicted octanol–water partition coefficient (Wildman–Crippen LogP) is 4.02. The van der Waals surface area contributed by atoms with E-state index in [1.165, 1.54) is 25.2 Å². The van der Waals surface area contributed by atoms with E-state index in [4.69, 9.17) is 4.74 Å². The van der Waals surface area contributed by atoms with E-state index >= 15 is 4.39 Å². The highest BCUT2D eigenvalue weighted by Crippen LogP contribution is 2.47. The number of rotatable bonds is 8. The molecule has 35 heavy (non-hydrogen) atoms. The van der Waals surface area contributed by atoms with Crippen molar-refractivity contribution in [1.29, 1.82) is 0 Å². The Balaban J connectivity index is 2.23. The Kier molecular flexibility index (Phi) is 7.12. The molecule has 1 heterocycles. The number of nitrogens with zero attached hydrogens (tertiary/aromatic N) is 2. The fourth-order valence-electron chi connectivity index (χ4n) is 3.66. The van der Waals surface area contributed by atoms with Crippen molar-refractivity contribution >= 4 is 39.6 Å². The number of amides is 1. The van der Waals surface area contributed by atoms with Crippen molar-refractivity contribution in [1.82, 2.24) is 4.57 Å². The van der Waals surface area contributed by atoms with E-state index < -0.39 is 37.8 Å². The summed E-state index contributed by atoms with van der Waals surface area (Å²) < 4.78 is 49.3. The van der Waals surface area contributed by atoms with Crippen LogP contribution in [0.15, 0.2) is 35.1 Å². The number of hydrogen-bond acceptors (Lipinski definition) is 6. The van der Waals surface area contributed by atoms with Gasteiger partial charge in [0.2, 0.25) is 10.0 Å². The Morgan fingerprint density at radius 2 is 1.91 bits per heavy atom. The molecule has 1 fully saturated rings. The molecule has 0 bridgehead atoms. The molecule has 2 aromatic rings. The van der Waals surface area contributed by atoms with Gasteiger partial charge in [0, 0.05) is 19.5 Å². The van der Waals surface area contributed by atoms with Gasteiger partial charge in [0.05, 0.1) is 16.1 Å². The molecular formula is C24H30FN3O6S. The molecule has 0 aliphatic heterocycles. The second-order valence-electron chi connectivity index (χ2n) is 9.58. The molecule has 1 aliphatic rings. The second kappa shape index (κ2) is 9.44. The molecule has 1 N–H and O–H groups in total. The summed E-state index contributed by atoms with van der Waals surface area (Å²) >= 11 is 0. The van der Waals surface area contributed by atoms with Crippen LogP contribution in [0.3, 0.4) is 0 Å². The molecule has 11 heteroatoms. The van der Waals surface area contributed by atoms with Gasteiger partial charge in [-0.25, -0.2) is 22.5 Å². The van der Waals surface area contributed by atoms with E-state index in [2.05, 4.69) is 4.72 Å². The zero-order valence-electron chi connectivity index (χ0n) is 20.4. The second-order valence-corrected chi connectivity index (χ2v) is 11.7. The molecule has 3 rings (SSSR count). The van der Waals surface area contributed by atoms with Gasteiger partial charge in [-0.3, -0.25) is 14.1 Å². The van der Waals surface area contributed by atoms with Crippen LogP contribution in [0.1, 0.15) is 52.5 Å². The third kappa shape index (κ3) is 5.39. The van der Waals surface area contributed by atoms with Crippen LogP contribution in [0.25, 0.3) is 0 Å². The Labute approximate surface area is 203 Å². The standard InChI is InChI=1S/C24H30FN3O6S/c1-6-16-7-9-19(17(25)15-16)28(22(31)34-23(2,3)4)21-18(8-10-20(30)27(21)5)26-35(32,33)24(11-12-24)13-14-29/h7-10,14-15,26H,6,11-13H2,1-5H3. The molecule has 0 atom stereocenters. The number of anilines is 3. The van der Waals surface area contributed by atoms with Gasteiger partial charge in [0.15, 0.2) is 0 Å². The number of carbonyl (C=O) groups is 2. The van der Waals surface area contributed by atoms with E-state index in [1.807, 2.05) is 6.92 Å². The first kappa shape index (κ1) is 26.4. The van der Waals surface area contributed by atoms with Crippen LogP contribution in [-0.4, -0.2) is 35.7 Å². The van der Waals surface area contributed by atoms with Crippen molar-refractivity contribution in [2.45, 2.75) is 63.7 Å². The van der Waals surface area contributed by atoms with Crippen LogP contribution in [0.5, 0.6) is 0 Å². The normalized spacial score (nSPS) is 14.8. The van der Waals surface area contributed by atoms with Crippen LogP contribution < -0.4 is 15.2 Å². The summed E-state index contributed by atoms with van der Waals surface area (Å²) in [7, 11) is -2.75. The molecule has 0 saturated heterocycles. The number of aldehydes is 1. The third-order valence-electron chi connectivity index (χ3n) is 5.81. The molecule has 0 radical (unpaired) electrons. The van der Waals surface area contributed by atoms with Crippen LogP contribution >= 0.6 is 0 Å². The van der Waals surface area contributed by atoms with Crippen molar-refractivity contribution in [2.24, 2.45) is 7.05 Å². The highest BCUT2D eigenvalue weighted by atomic mass is 32.2. The maximum absolute atomic E-state index is 15.3. The first-order chi connectivity index (χ1) is 16.2. The fourth-order valence-corrected chi connectivity index (χ4v) is 5.25. The minimum Gasteiger partial charge on any atom is -0.443 e. The number of carbonyl (C=O) groups excluding carboxylic acids is 2. The molecular weight excluding hydrogens is 477 g/mol.